The Labute approximate surface area is 101 Å². The predicted molar refractivity (Wildman–Crippen MR) is 66.7 cm³/mol. The molecule has 0 fully saturated rings. The molecule has 0 unspecified atom stereocenters. The van der Waals surface area contributed by atoms with E-state index in [0.29, 0.717) is 5.02 Å². The van der Waals surface area contributed by atoms with Gasteiger partial charge in [0.25, 0.3) is 0 Å². The monoisotopic (exact) mass is 324 g/mol. The van der Waals surface area contributed by atoms with Gasteiger partial charge in [-0.2, -0.15) is 0 Å². The number of amides is 1. The van der Waals surface area contributed by atoms with Crippen molar-refractivity contribution in [2.75, 3.05) is 18.9 Å². The molecule has 14 heavy (non-hydrogen) atoms. The van der Waals surface area contributed by atoms with Crippen molar-refractivity contribution >= 4 is 45.8 Å². The van der Waals surface area contributed by atoms with Gasteiger partial charge in [0.1, 0.15) is 0 Å². The fraction of sp³-hybridized carbons (Fsp3) is 0.222. The first-order valence-corrected chi connectivity index (χ1v) is 5.48. The molecule has 0 radical (unpaired) electrons. The summed E-state index contributed by atoms with van der Waals surface area (Å²) in [4.78, 5) is 11.0. The lowest BCUT2D eigenvalue weighted by Gasteiger charge is -2.07. The van der Waals surface area contributed by atoms with E-state index in [1.165, 1.54) is 0 Å². The smallest absolute Gasteiger partial charge is 0.239 e. The van der Waals surface area contributed by atoms with Crippen LogP contribution in [0.2, 0.25) is 5.02 Å². The van der Waals surface area contributed by atoms with Gasteiger partial charge < -0.3 is 10.6 Å². The van der Waals surface area contributed by atoms with Gasteiger partial charge in [-0.15, -0.1) is 0 Å². The zero-order chi connectivity index (χ0) is 10.6. The minimum Gasteiger partial charge on any atom is -0.375 e. The Bertz CT molecular complexity index is 344. The van der Waals surface area contributed by atoms with E-state index in [-0.39, 0.29) is 12.5 Å². The molecule has 76 valence electrons. The summed E-state index contributed by atoms with van der Waals surface area (Å²) in [5.74, 6) is -0.0456. The molecule has 5 heteroatoms. The molecule has 0 bridgehead atoms. The number of rotatable bonds is 3. The number of hydrogen-bond acceptors (Lipinski definition) is 2. The topological polar surface area (TPSA) is 41.1 Å². The van der Waals surface area contributed by atoms with Crippen molar-refractivity contribution in [1.82, 2.24) is 5.32 Å². The Morgan fingerprint density at radius 2 is 2.29 bits per heavy atom. The average Bonchev–Trinajstić information content (AvgIpc) is 2.16. The van der Waals surface area contributed by atoms with E-state index in [4.69, 9.17) is 11.6 Å². The summed E-state index contributed by atoms with van der Waals surface area (Å²) in [6.07, 6.45) is 0. The molecule has 0 heterocycles. The molecule has 2 N–H and O–H groups in total. The van der Waals surface area contributed by atoms with Gasteiger partial charge in [0, 0.05) is 21.3 Å². The number of hydrogen-bond donors (Lipinski definition) is 2. The van der Waals surface area contributed by atoms with Gasteiger partial charge in [-0.3, -0.25) is 4.79 Å². The van der Waals surface area contributed by atoms with Gasteiger partial charge in [-0.1, -0.05) is 11.6 Å². The lowest BCUT2D eigenvalue weighted by Crippen LogP contribution is -2.26. The third-order valence-electron chi connectivity index (χ3n) is 1.65. The zero-order valence-corrected chi connectivity index (χ0v) is 10.5. The van der Waals surface area contributed by atoms with Gasteiger partial charge >= 0.3 is 0 Å². The fourth-order valence-electron chi connectivity index (χ4n) is 0.897. The van der Waals surface area contributed by atoms with Crippen molar-refractivity contribution in [3.8, 4) is 0 Å². The Kier molecular flexibility index (Phi) is 4.47. The van der Waals surface area contributed by atoms with Crippen LogP contribution in [0.5, 0.6) is 0 Å². The van der Waals surface area contributed by atoms with Crippen molar-refractivity contribution in [2.24, 2.45) is 0 Å². The molecule has 1 amide bonds. The van der Waals surface area contributed by atoms with Crippen LogP contribution in [0, 0.1) is 3.57 Å². The van der Waals surface area contributed by atoms with Gasteiger partial charge in [0.2, 0.25) is 5.91 Å². The Morgan fingerprint density at radius 3 is 2.86 bits per heavy atom. The van der Waals surface area contributed by atoms with Crippen molar-refractivity contribution in [3.63, 3.8) is 0 Å². The van der Waals surface area contributed by atoms with Crippen molar-refractivity contribution < 1.29 is 4.79 Å². The molecular weight excluding hydrogens is 314 g/mol. The van der Waals surface area contributed by atoms with Gasteiger partial charge in [-0.05, 0) is 40.8 Å². The van der Waals surface area contributed by atoms with E-state index >= 15 is 0 Å². The third-order valence-corrected chi connectivity index (χ3v) is 2.78. The normalized spacial score (nSPS) is 9.64. The molecule has 0 saturated heterocycles. The first kappa shape index (κ1) is 11.6. The lowest BCUT2D eigenvalue weighted by molar-refractivity contribution is -0.118. The quantitative estimate of drug-likeness (QED) is 0.836. The number of halogens is 2. The van der Waals surface area contributed by atoms with E-state index in [2.05, 4.69) is 33.2 Å². The van der Waals surface area contributed by atoms with E-state index in [0.717, 1.165) is 9.26 Å². The zero-order valence-electron chi connectivity index (χ0n) is 7.60. The van der Waals surface area contributed by atoms with Crippen molar-refractivity contribution in [1.29, 1.82) is 0 Å². The number of carbonyl (C=O) groups is 1. The molecule has 0 saturated carbocycles. The summed E-state index contributed by atoms with van der Waals surface area (Å²) in [5, 5.41) is 6.24. The second-order valence-corrected chi connectivity index (χ2v) is 4.25. The molecule has 0 aromatic heterocycles. The number of likely N-dealkylation sites (N-methyl/N-ethyl adjacent to an activating group) is 1. The standard InChI is InChI=1S/C9H10ClIN2O/c1-12-9(14)5-13-8-3-2-6(10)4-7(8)11/h2-4,13H,5H2,1H3,(H,12,14). The van der Waals surface area contributed by atoms with E-state index in [9.17, 15) is 4.79 Å². The van der Waals surface area contributed by atoms with Crippen LogP contribution in [0.3, 0.4) is 0 Å². The van der Waals surface area contributed by atoms with Crippen LogP contribution in [-0.2, 0) is 4.79 Å². The van der Waals surface area contributed by atoms with Gasteiger partial charge in [0.15, 0.2) is 0 Å². The minimum absolute atomic E-state index is 0.0456. The van der Waals surface area contributed by atoms with E-state index < -0.39 is 0 Å². The Balaban J connectivity index is 2.63. The maximum absolute atomic E-state index is 11.0. The van der Waals surface area contributed by atoms with Crippen molar-refractivity contribution in [3.05, 3.63) is 26.8 Å². The minimum atomic E-state index is -0.0456. The van der Waals surface area contributed by atoms with Crippen LogP contribution in [-0.4, -0.2) is 19.5 Å². The highest BCUT2D eigenvalue weighted by atomic mass is 127. The number of carbonyl (C=O) groups excluding carboxylic acids is 1. The number of benzene rings is 1. The van der Waals surface area contributed by atoms with E-state index in [1.54, 1.807) is 13.1 Å². The molecule has 1 rings (SSSR count). The third kappa shape index (κ3) is 3.34. The van der Waals surface area contributed by atoms with Crippen LogP contribution >= 0.6 is 34.2 Å². The summed E-state index contributed by atoms with van der Waals surface area (Å²) in [6, 6.07) is 5.48. The maximum atomic E-state index is 11.0. The largest absolute Gasteiger partial charge is 0.375 e. The summed E-state index contributed by atoms with van der Waals surface area (Å²) in [5.41, 5.74) is 0.915. The fourth-order valence-corrected chi connectivity index (χ4v) is 1.96. The van der Waals surface area contributed by atoms with Gasteiger partial charge in [0.05, 0.1) is 6.54 Å². The highest BCUT2D eigenvalue weighted by Crippen LogP contribution is 2.21. The highest BCUT2D eigenvalue weighted by molar-refractivity contribution is 14.1. The first-order valence-electron chi connectivity index (χ1n) is 4.03. The summed E-state index contributed by atoms with van der Waals surface area (Å²) >= 11 is 7.96. The van der Waals surface area contributed by atoms with Crippen LogP contribution in [0.1, 0.15) is 0 Å². The molecule has 0 aliphatic carbocycles. The van der Waals surface area contributed by atoms with Crippen LogP contribution in [0.15, 0.2) is 18.2 Å². The predicted octanol–water partition coefficient (Wildman–Crippen LogP) is 2.10. The van der Waals surface area contributed by atoms with E-state index in [1.807, 2.05) is 12.1 Å². The molecule has 3 nitrogen and oxygen atoms in total. The number of nitrogens with one attached hydrogen (secondary N) is 2. The Morgan fingerprint density at radius 1 is 1.57 bits per heavy atom. The second-order valence-electron chi connectivity index (χ2n) is 2.65. The highest BCUT2D eigenvalue weighted by Gasteiger charge is 2.01. The second kappa shape index (κ2) is 5.41. The molecule has 0 atom stereocenters. The SMILES string of the molecule is CNC(=O)CNc1ccc(Cl)cc1I. The molecule has 1 aromatic carbocycles. The Hall–Kier alpha value is -0.490. The summed E-state index contributed by atoms with van der Waals surface area (Å²) < 4.78 is 0.999. The lowest BCUT2D eigenvalue weighted by atomic mass is 10.3. The molecule has 0 spiro atoms. The number of anilines is 1. The van der Waals surface area contributed by atoms with Crippen LogP contribution in [0.25, 0.3) is 0 Å². The van der Waals surface area contributed by atoms with Crippen molar-refractivity contribution in [2.45, 2.75) is 0 Å². The average molecular weight is 325 g/mol. The molecule has 0 aliphatic rings. The molecule has 1 aromatic rings. The molecule has 0 aliphatic heterocycles. The van der Waals surface area contributed by atoms with Crippen LogP contribution < -0.4 is 10.6 Å². The molecular formula is C9H10ClIN2O. The van der Waals surface area contributed by atoms with Crippen LogP contribution in [0.4, 0.5) is 5.69 Å². The first-order chi connectivity index (χ1) is 6.63. The maximum Gasteiger partial charge on any atom is 0.239 e. The van der Waals surface area contributed by atoms with Gasteiger partial charge in [-0.25, -0.2) is 0 Å². The summed E-state index contributed by atoms with van der Waals surface area (Å²) in [6.45, 7) is 0.272. The summed E-state index contributed by atoms with van der Waals surface area (Å²) in [7, 11) is 1.61.